The van der Waals surface area contributed by atoms with Gasteiger partial charge in [0.1, 0.15) is 5.75 Å². The zero-order valence-corrected chi connectivity index (χ0v) is 18.3. The van der Waals surface area contributed by atoms with Crippen LogP contribution < -0.4 is 16.0 Å². The van der Waals surface area contributed by atoms with Crippen molar-refractivity contribution in [3.63, 3.8) is 0 Å². The summed E-state index contributed by atoms with van der Waals surface area (Å²) in [5, 5.41) is 9.23. The molecule has 0 bridgehead atoms. The number of fused-ring (bicyclic) bond motifs is 1. The monoisotopic (exact) mass is 441 g/mol. The maximum Gasteiger partial charge on any atom is 0.337 e. The van der Waals surface area contributed by atoms with Gasteiger partial charge in [0.05, 0.1) is 30.8 Å². The first-order chi connectivity index (χ1) is 16.1. The lowest BCUT2D eigenvalue weighted by atomic mass is 10.1. The molecule has 0 aliphatic heterocycles. The summed E-state index contributed by atoms with van der Waals surface area (Å²) in [5.74, 6) is 0.610. The molecule has 0 N–H and O–H groups in total. The molecule has 8 heteroatoms. The quantitative estimate of drug-likeness (QED) is 0.473. The number of nitrogens with zero attached hydrogens (tertiary/aromatic N) is 5. The number of ether oxygens (including phenoxy) is 1. The third-order valence-corrected chi connectivity index (χ3v) is 6.26. The summed E-state index contributed by atoms with van der Waals surface area (Å²) < 4.78 is 10.0. The van der Waals surface area contributed by atoms with Crippen LogP contribution >= 0.6 is 0 Å². The van der Waals surface area contributed by atoms with Crippen molar-refractivity contribution in [2.24, 2.45) is 0 Å². The van der Waals surface area contributed by atoms with Crippen molar-refractivity contribution in [3.8, 4) is 17.5 Å². The number of aromatic nitrogens is 4. The number of methoxy groups -OCH3 is 1. The molecule has 0 saturated heterocycles. The van der Waals surface area contributed by atoms with Crippen LogP contribution in [-0.2, 0) is 6.54 Å². The lowest BCUT2D eigenvalue weighted by molar-refractivity contribution is 0.414. The summed E-state index contributed by atoms with van der Waals surface area (Å²) in [4.78, 5) is 31.8. The molecule has 2 heterocycles. The summed E-state index contributed by atoms with van der Waals surface area (Å²) in [6, 6.07) is 16.4. The molecular weight excluding hydrogens is 418 g/mol. The van der Waals surface area contributed by atoms with Crippen LogP contribution in [0.1, 0.15) is 42.9 Å². The maximum absolute atomic E-state index is 13.6. The minimum atomic E-state index is -0.385. The Bertz CT molecular complexity index is 1500. The second-order valence-corrected chi connectivity index (χ2v) is 8.29. The van der Waals surface area contributed by atoms with Gasteiger partial charge in [-0.1, -0.05) is 31.0 Å². The van der Waals surface area contributed by atoms with E-state index in [1.807, 2.05) is 24.3 Å². The van der Waals surface area contributed by atoms with Gasteiger partial charge < -0.3 is 9.30 Å². The highest BCUT2D eigenvalue weighted by molar-refractivity contribution is 5.72. The molecule has 0 spiro atoms. The molecule has 166 valence electrons. The molecule has 1 saturated carbocycles. The average Bonchev–Trinajstić information content (AvgIpc) is 3.50. The van der Waals surface area contributed by atoms with E-state index >= 15 is 0 Å². The molecule has 5 rings (SSSR count). The molecule has 1 aliphatic rings. The summed E-state index contributed by atoms with van der Waals surface area (Å²) >= 11 is 0. The van der Waals surface area contributed by atoms with E-state index in [2.05, 4.69) is 11.1 Å². The first-order valence-corrected chi connectivity index (χ1v) is 11.0. The van der Waals surface area contributed by atoms with Crippen molar-refractivity contribution in [3.05, 3.63) is 86.8 Å². The van der Waals surface area contributed by atoms with Crippen molar-refractivity contribution < 1.29 is 4.74 Å². The Morgan fingerprint density at radius 1 is 1.12 bits per heavy atom. The molecule has 0 atom stereocenters. The maximum atomic E-state index is 13.6. The molecule has 4 aromatic rings. The van der Waals surface area contributed by atoms with Crippen LogP contribution in [0.2, 0.25) is 0 Å². The molecule has 2 aromatic heterocycles. The van der Waals surface area contributed by atoms with Crippen LogP contribution in [0.15, 0.2) is 64.4 Å². The third kappa shape index (κ3) is 3.61. The predicted octanol–water partition coefficient (Wildman–Crippen LogP) is 3.39. The van der Waals surface area contributed by atoms with Crippen LogP contribution in [0.4, 0.5) is 0 Å². The number of hydrogen-bond donors (Lipinski definition) is 0. The van der Waals surface area contributed by atoms with E-state index < -0.39 is 0 Å². The Labute approximate surface area is 189 Å². The van der Waals surface area contributed by atoms with Crippen molar-refractivity contribution >= 4 is 11.2 Å². The number of hydrogen-bond acceptors (Lipinski definition) is 5. The molecule has 0 unspecified atom stereocenters. The lowest BCUT2D eigenvalue weighted by Crippen LogP contribution is -2.41. The van der Waals surface area contributed by atoms with Gasteiger partial charge in [-0.2, -0.15) is 5.26 Å². The zero-order chi connectivity index (χ0) is 22.9. The van der Waals surface area contributed by atoms with E-state index in [0.717, 1.165) is 31.2 Å². The van der Waals surface area contributed by atoms with E-state index in [0.29, 0.717) is 34.7 Å². The van der Waals surface area contributed by atoms with Crippen molar-refractivity contribution in [2.45, 2.75) is 38.3 Å². The molecule has 1 fully saturated rings. The molecule has 2 aromatic carbocycles. The highest BCUT2D eigenvalue weighted by Gasteiger charge is 2.26. The van der Waals surface area contributed by atoms with Crippen molar-refractivity contribution in [1.82, 2.24) is 18.7 Å². The van der Waals surface area contributed by atoms with Crippen LogP contribution in [0.25, 0.3) is 16.9 Å². The van der Waals surface area contributed by atoms with Crippen LogP contribution in [0, 0.1) is 11.3 Å². The number of benzene rings is 2. The Morgan fingerprint density at radius 3 is 2.67 bits per heavy atom. The highest BCUT2D eigenvalue weighted by atomic mass is 16.5. The van der Waals surface area contributed by atoms with Gasteiger partial charge in [-0.25, -0.2) is 14.3 Å². The van der Waals surface area contributed by atoms with E-state index in [9.17, 15) is 14.9 Å². The predicted molar refractivity (Wildman–Crippen MR) is 124 cm³/mol. The molecular formula is C25H23N5O3. The van der Waals surface area contributed by atoms with E-state index in [1.54, 1.807) is 42.3 Å². The Hall–Kier alpha value is -4.12. The zero-order valence-electron chi connectivity index (χ0n) is 18.3. The number of imidazole rings is 1. The van der Waals surface area contributed by atoms with Gasteiger partial charge in [-0.3, -0.25) is 9.36 Å². The second-order valence-electron chi connectivity index (χ2n) is 8.29. The molecule has 1 aliphatic carbocycles. The van der Waals surface area contributed by atoms with Crippen LogP contribution in [-0.4, -0.2) is 25.8 Å². The SMILES string of the molecule is COc1cccc(-n2c(=O)n(C3CCCC3)c(=O)c3c2ncn3Cc2cccc(C#N)c2)c1. The fourth-order valence-corrected chi connectivity index (χ4v) is 4.68. The van der Waals surface area contributed by atoms with Crippen LogP contribution in [0.3, 0.4) is 0 Å². The smallest absolute Gasteiger partial charge is 0.337 e. The lowest BCUT2D eigenvalue weighted by Gasteiger charge is -2.17. The first kappa shape index (κ1) is 20.8. The summed E-state index contributed by atoms with van der Waals surface area (Å²) in [7, 11) is 1.57. The summed E-state index contributed by atoms with van der Waals surface area (Å²) in [6.45, 7) is 0.363. The molecule has 0 radical (unpaired) electrons. The van der Waals surface area contributed by atoms with Crippen molar-refractivity contribution in [2.75, 3.05) is 7.11 Å². The van der Waals surface area contributed by atoms with Gasteiger partial charge >= 0.3 is 5.69 Å². The third-order valence-electron chi connectivity index (χ3n) is 6.26. The minimum absolute atomic E-state index is 0.128. The summed E-state index contributed by atoms with van der Waals surface area (Å²) in [5.41, 5.74) is 1.98. The normalized spacial score (nSPS) is 13.9. The number of rotatable bonds is 5. The molecule has 33 heavy (non-hydrogen) atoms. The minimum Gasteiger partial charge on any atom is -0.497 e. The highest BCUT2D eigenvalue weighted by Crippen LogP contribution is 2.28. The molecule has 0 amide bonds. The topological polar surface area (TPSA) is 94.8 Å². The Balaban J connectivity index is 1.76. The average molecular weight is 441 g/mol. The van der Waals surface area contributed by atoms with Gasteiger partial charge in [0.2, 0.25) is 0 Å². The van der Waals surface area contributed by atoms with Crippen molar-refractivity contribution in [1.29, 1.82) is 5.26 Å². The van der Waals surface area contributed by atoms with Gasteiger partial charge in [0, 0.05) is 18.7 Å². The Morgan fingerprint density at radius 2 is 1.91 bits per heavy atom. The van der Waals surface area contributed by atoms with Gasteiger partial charge in [0.15, 0.2) is 11.2 Å². The van der Waals surface area contributed by atoms with Gasteiger partial charge in [-0.05, 0) is 42.7 Å². The van der Waals surface area contributed by atoms with Gasteiger partial charge in [0.25, 0.3) is 5.56 Å². The van der Waals surface area contributed by atoms with E-state index in [-0.39, 0.29) is 17.3 Å². The number of nitriles is 1. The largest absolute Gasteiger partial charge is 0.497 e. The summed E-state index contributed by atoms with van der Waals surface area (Å²) in [6.07, 6.45) is 5.18. The fraction of sp³-hybridized carbons (Fsp3) is 0.280. The Kier molecular flexibility index (Phi) is 5.31. The fourth-order valence-electron chi connectivity index (χ4n) is 4.68. The van der Waals surface area contributed by atoms with E-state index in [1.165, 1.54) is 9.13 Å². The van der Waals surface area contributed by atoms with Crippen LogP contribution in [0.5, 0.6) is 5.75 Å². The van der Waals surface area contributed by atoms with E-state index in [4.69, 9.17) is 4.74 Å². The standard InChI is InChI=1S/C25H23N5O3/c1-33-21-11-5-10-20(13-21)29-23-22(24(31)30(25(29)32)19-8-2-3-9-19)28(16-27-23)15-18-7-4-6-17(12-18)14-26/h4-7,10-13,16,19H,2-3,8-9,15H2,1H3. The van der Waals surface area contributed by atoms with Gasteiger partial charge in [-0.15, -0.1) is 0 Å². The second kappa shape index (κ2) is 8.43. The molecule has 8 nitrogen and oxygen atoms in total. The first-order valence-electron chi connectivity index (χ1n) is 11.0.